The fourth-order valence-corrected chi connectivity index (χ4v) is 8.34. The largest absolute Gasteiger partial charge is 0.378 e. The van der Waals surface area contributed by atoms with Crippen LogP contribution in [0.3, 0.4) is 0 Å². The van der Waals surface area contributed by atoms with Crippen molar-refractivity contribution in [2.24, 2.45) is 11.3 Å². The van der Waals surface area contributed by atoms with Crippen LogP contribution in [0.25, 0.3) is 10.9 Å². The second-order valence-corrected chi connectivity index (χ2v) is 14.1. The highest BCUT2D eigenvalue weighted by Crippen LogP contribution is 2.67. The maximum Gasteiger partial charge on any atom is 0.250 e. The van der Waals surface area contributed by atoms with E-state index in [-0.39, 0.29) is 29.1 Å². The normalized spacial score (nSPS) is 21.7. The zero-order chi connectivity index (χ0) is 31.9. The predicted molar refractivity (Wildman–Crippen MR) is 184 cm³/mol. The molecule has 3 aromatic carbocycles. The molecule has 0 radical (unpaired) electrons. The lowest BCUT2D eigenvalue weighted by Gasteiger charge is -2.40. The summed E-state index contributed by atoms with van der Waals surface area (Å²) in [5.41, 5.74) is 5.70. The van der Waals surface area contributed by atoms with E-state index < -0.39 is 5.54 Å². The zero-order valence-electron chi connectivity index (χ0n) is 27.4. The number of morpholine rings is 1. The van der Waals surface area contributed by atoms with Gasteiger partial charge in [-0.25, -0.2) is 0 Å². The topological polar surface area (TPSA) is 77.7 Å². The van der Waals surface area contributed by atoms with E-state index in [2.05, 4.69) is 84.5 Å². The molecule has 2 N–H and O–H groups in total. The van der Waals surface area contributed by atoms with Gasteiger partial charge in [-0.1, -0.05) is 75.2 Å². The second-order valence-electron chi connectivity index (χ2n) is 14.1. The molecule has 240 valence electrons. The number of nitrogens with zero attached hydrogens (tertiary/aromatic N) is 2. The van der Waals surface area contributed by atoms with Crippen LogP contribution in [-0.4, -0.2) is 53.5 Å². The lowest BCUT2D eigenvalue weighted by Crippen LogP contribution is -2.57. The Balaban J connectivity index is 1.15. The van der Waals surface area contributed by atoms with Crippen LogP contribution in [0, 0.1) is 18.3 Å². The van der Waals surface area contributed by atoms with Crippen LogP contribution in [0.15, 0.2) is 78.9 Å². The predicted octanol–water partition coefficient (Wildman–Crippen LogP) is 7.42. The van der Waals surface area contributed by atoms with E-state index in [1.807, 2.05) is 35.2 Å². The van der Waals surface area contributed by atoms with E-state index in [0.29, 0.717) is 25.8 Å². The van der Waals surface area contributed by atoms with Crippen molar-refractivity contribution in [1.82, 2.24) is 9.88 Å². The molecule has 3 aliphatic rings. The van der Waals surface area contributed by atoms with Crippen molar-refractivity contribution < 1.29 is 14.3 Å². The number of H-pyrrole nitrogens is 1. The summed E-state index contributed by atoms with van der Waals surface area (Å²) in [5.74, 6) is 0.476. The van der Waals surface area contributed by atoms with Gasteiger partial charge in [0, 0.05) is 54.0 Å². The van der Waals surface area contributed by atoms with Crippen LogP contribution in [0.4, 0.5) is 11.4 Å². The molecule has 0 bridgehead atoms. The molecule has 7 heteroatoms. The number of hydrogen-bond donors (Lipinski definition) is 2. The summed E-state index contributed by atoms with van der Waals surface area (Å²) in [6.07, 6.45) is 3.61. The number of fused-ring (bicyclic) bond motifs is 1. The summed E-state index contributed by atoms with van der Waals surface area (Å²) in [4.78, 5) is 36.9. The van der Waals surface area contributed by atoms with Gasteiger partial charge in [0.1, 0.15) is 5.54 Å². The van der Waals surface area contributed by atoms with Crippen molar-refractivity contribution in [3.8, 4) is 0 Å². The number of aryl methyl sites for hydroxylation is 1. The van der Waals surface area contributed by atoms with Crippen LogP contribution in [0.2, 0.25) is 0 Å². The Kier molecular flexibility index (Phi) is 8.14. The minimum atomic E-state index is -0.888. The molecule has 4 aromatic rings. The molecule has 7 rings (SSSR count). The number of carbonyl (C=O) groups excluding carboxylic acids is 2. The third-order valence-corrected chi connectivity index (χ3v) is 11.1. The third-order valence-electron chi connectivity index (χ3n) is 11.1. The first-order valence-corrected chi connectivity index (χ1v) is 16.9. The third kappa shape index (κ3) is 5.59. The molecule has 2 saturated carbocycles. The summed E-state index contributed by atoms with van der Waals surface area (Å²) in [6, 6.07) is 26.7. The SMILES string of the molecule is Cc1[nH]c2ccccc2c1[C@@H]1[C@H](CC(=O)N(Cc2ccccc2)C2(C(=O)Nc3ccc(N4CCOCC4)cc3)CCCC2)C1(C)C. The number of aromatic nitrogens is 1. The van der Waals surface area contributed by atoms with Crippen LogP contribution < -0.4 is 10.2 Å². The van der Waals surface area contributed by atoms with E-state index in [4.69, 9.17) is 4.74 Å². The molecule has 2 heterocycles. The fourth-order valence-electron chi connectivity index (χ4n) is 8.34. The highest BCUT2D eigenvalue weighted by molar-refractivity contribution is 6.01. The molecule has 3 fully saturated rings. The molecule has 1 saturated heterocycles. The Morgan fingerprint density at radius 3 is 2.33 bits per heavy atom. The summed E-state index contributed by atoms with van der Waals surface area (Å²) in [7, 11) is 0. The fraction of sp³-hybridized carbons (Fsp3) is 0.436. The number of anilines is 2. The van der Waals surface area contributed by atoms with Gasteiger partial charge in [0.05, 0.1) is 13.2 Å². The second kappa shape index (κ2) is 12.3. The van der Waals surface area contributed by atoms with Gasteiger partial charge < -0.3 is 24.8 Å². The van der Waals surface area contributed by atoms with E-state index >= 15 is 0 Å². The monoisotopic (exact) mass is 618 g/mol. The number of rotatable bonds is 9. The maximum absolute atomic E-state index is 14.6. The van der Waals surface area contributed by atoms with Gasteiger partial charge in [-0.3, -0.25) is 9.59 Å². The van der Waals surface area contributed by atoms with Gasteiger partial charge in [-0.2, -0.15) is 0 Å². The number of aromatic amines is 1. The van der Waals surface area contributed by atoms with Crippen molar-refractivity contribution >= 4 is 34.1 Å². The molecule has 2 aliphatic carbocycles. The number of benzene rings is 3. The van der Waals surface area contributed by atoms with Crippen LogP contribution >= 0.6 is 0 Å². The quantitative estimate of drug-likeness (QED) is 0.205. The van der Waals surface area contributed by atoms with Gasteiger partial charge in [0.25, 0.3) is 0 Å². The van der Waals surface area contributed by atoms with Gasteiger partial charge in [0.15, 0.2) is 0 Å². The Labute approximate surface area is 272 Å². The van der Waals surface area contributed by atoms with Crippen LogP contribution in [0.1, 0.15) is 68.7 Å². The Hall–Kier alpha value is -4.10. The van der Waals surface area contributed by atoms with Crippen molar-refractivity contribution in [2.75, 3.05) is 36.5 Å². The molecule has 46 heavy (non-hydrogen) atoms. The highest BCUT2D eigenvalue weighted by Gasteiger charge is 2.60. The number of amides is 2. The maximum atomic E-state index is 14.6. The van der Waals surface area contributed by atoms with Crippen molar-refractivity contribution in [2.45, 2.75) is 70.9 Å². The number of ether oxygens (including phenoxy) is 1. The van der Waals surface area contributed by atoms with E-state index in [0.717, 1.165) is 61.6 Å². The molecule has 7 nitrogen and oxygen atoms in total. The van der Waals surface area contributed by atoms with E-state index in [9.17, 15) is 9.59 Å². The van der Waals surface area contributed by atoms with Gasteiger partial charge in [-0.05, 0) is 78.5 Å². The lowest BCUT2D eigenvalue weighted by atomic mass is 9.91. The number of hydrogen-bond acceptors (Lipinski definition) is 4. The average Bonchev–Trinajstić information content (AvgIpc) is 3.42. The molecule has 2 amide bonds. The molecule has 0 spiro atoms. The van der Waals surface area contributed by atoms with Crippen molar-refractivity contribution in [3.05, 3.63) is 95.7 Å². The first-order chi connectivity index (χ1) is 22.3. The number of para-hydroxylation sites is 1. The van der Waals surface area contributed by atoms with Gasteiger partial charge in [-0.15, -0.1) is 0 Å². The summed E-state index contributed by atoms with van der Waals surface area (Å²) < 4.78 is 5.50. The molecular formula is C39H46N4O3. The minimum absolute atomic E-state index is 0.0167. The molecule has 0 unspecified atom stereocenters. The smallest absolute Gasteiger partial charge is 0.250 e. The van der Waals surface area contributed by atoms with Crippen molar-refractivity contribution in [1.29, 1.82) is 0 Å². The molecule has 2 atom stereocenters. The zero-order valence-corrected chi connectivity index (χ0v) is 27.4. The number of carbonyl (C=O) groups is 2. The van der Waals surface area contributed by atoms with E-state index in [1.165, 1.54) is 16.6 Å². The first-order valence-electron chi connectivity index (χ1n) is 16.9. The van der Waals surface area contributed by atoms with Crippen LogP contribution in [-0.2, 0) is 20.9 Å². The van der Waals surface area contributed by atoms with Gasteiger partial charge >= 0.3 is 0 Å². The first kappa shape index (κ1) is 30.5. The summed E-state index contributed by atoms with van der Waals surface area (Å²) >= 11 is 0. The van der Waals surface area contributed by atoms with E-state index in [1.54, 1.807) is 0 Å². The lowest BCUT2D eigenvalue weighted by molar-refractivity contribution is -0.146. The van der Waals surface area contributed by atoms with Crippen molar-refractivity contribution in [3.63, 3.8) is 0 Å². The Morgan fingerprint density at radius 1 is 0.935 bits per heavy atom. The number of nitrogens with one attached hydrogen (secondary N) is 2. The molecule has 1 aromatic heterocycles. The average molecular weight is 619 g/mol. The van der Waals surface area contributed by atoms with Crippen LogP contribution in [0.5, 0.6) is 0 Å². The summed E-state index contributed by atoms with van der Waals surface area (Å²) in [5, 5.41) is 4.49. The Bertz CT molecular complexity index is 1700. The highest BCUT2D eigenvalue weighted by atomic mass is 16.5. The summed E-state index contributed by atoms with van der Waals surface area (Å²) in [6.45, 7) is 10.3. The van der Waals surface area contributed by atoms with Gasteiger partial charge in [0.2, 0.25) is 11.8 Å². The Morgan fingerprint density at radius 2 is 1.61 bits per heavy atom. The standard InChI is InChI=1S/C39H46N4O3/c1-27-35(31-13-7-8-14-33(31)40-27)36-32(38(36,2)3)25-34(44)43(26-28-11-5-4-6-12-28)39(19-9-10-20-39)37(45)41-29-15-17-30(18-16-29)42-21-23-46-24-22-42/h4-8,11-18,32,36,40H,9-10,19-26H2,1-3H3,(H,41,45)/t32-,36-/m0/s1. The molecular weight excluding hydrogens is 572 g/mol. The minimum Gasteiger partial charge on any atom is -0.378 e. The molecule has 1 aliphatic heterocycles.